The quantitative estimate of drug-likeness (QED) is 0.195. The van der Waals surface area contributed by atoms with E-state index in [1.54, 1.807) is 0 Å². The molecule has 0 saturated heterocycles. The Hall–Kier alpha value is -5.57. The molecular weight excluding hydrogens is 575 g/mol. The Balaban J connectivity index is 1.29. The number of aromatic nitrogens is 1. The molecule has 0 amide bonds. The van der Waals surface area contributed by atoms with Crippen LogP contribution in [0.2, 0.25) is 0 Å². The third-order valence-electron chi connectivity index (χ3n) is 9.56. The normalized spacial score (nSPS) is 12.3. The third kappa shape index (κ3) is 3.71. The lowest BCUT2D eigenvalue weighted by atomic mass is 9.89. The van der Waals surface area contributed by atoms with E-state index in [4.69, 9.17) is 0 Å². The summed E-state index contributed by atoms with van der Waals surface area (Å²) in [5.74, 6) is 0. The van der Waals surface area contributed by atoms with Gasteiger partial charge in [0.25, 0.3) is 0 Å². The minimum Gasteiger partial charge on any atom is -0.309 e. The molecule has 0 saturated carbocycles. The third-order valence-corrected chi connectivity index (χ3v) is 10.7. The molecule has 2 heteroatoms. The highest BCUT2D eigenvalue weighted by Gasteiger charge is 2.23. The summed E-state index contributed by atoms with van der Waals surface area (Å²) in [6.07, 6.45) is 0. The average molecular weight is 602 g/mol. The van der Waals surface area contributed by atoms with Crippen molar-refractivity contribution in [1.29, 1.82) is 0 Å². The van der Waals surface area contributed by atoms with Crippen LogP contribution in [0.25, 0.3) is 82.4 Å². The Labute approximate surface area is 271 Å². The van der Waals surface area contributed by atoms with Crippen LogP contribution in [0.5, 0.6) is 0 Å². The minimum atomic E-state index is 1.17. The van der Waals surface area contributed by atoms with Gasteiger partial charge in [-0.1, -0.05) is 133 Å². The molecular formula is C44H27NS. The van der Waals surface area contributed by atoms with Crippen LogP contribution in [0.4, 0.5) is 0 Å². The van der Waals surface area contributed by atoms with Gasteiger partial charge in [0, 0.05) is 37.2 Å². The molecule has 46 heavy (non-hydrogen) atoms. The molecule has 10 rings (SSSR count). The summed E-state index contributed by atoms with van der Waals surface area (Å²) in [6.45, 7) is 0. The van der Waals surface area contributed by atoms with Gasteiger partial charge < -0.3 is 4.57 Å². The fourth-order valence-electron chi connectivity index (χ4n) is 7.59. The van der Waals surface area contributed by atoms with Crippen LogP contribution >= 0.6 is 11.8 Å². The first kappa shape index (κ1) is 25.7. The van der Waals surface area contributed by atoms with E-state index in [1.165, 1.54) is 92.2 Å². The highest BCUT2D eigenvalue weighted by molar-refractivity contribution is 7.99. The van der Waals surface area contributed by atoms with Gasteiger partial charge in [-0.15, -0.1) is 0 Å². The van der Waals surface area contributed by atoms with Crippen LogP contribution in [0.1, 0.15) is 0 Å². The number of hydrogen-bond acceptors (Lipinski definition) is 1. The smallest absolute Gasteiger partial charge is 0.0626 e. The standard InChI is InChI=1S/C44H27NS/c1-2-15-31(16-3-1)45-39-22-9-8-20-36(39)43-33-18-5-4-12-29(33)27-38(44(43)45)34-19-7-6-17-32(34)30-24-25-40-37(26-30)35-21-10-13-28-14-11-23-41(46-40)42(28)35/h1-27H. The number of benzene rings is 8. The van der Waals surface area contributed by atoms with Gasteiger partial charge in [-0.2, -0.15) is 0 Å². The molecule has 1 aliphatic rings. The van der Waals surface area contributed by atoms with Gasteiger partial charge >= 0.3 is 0 Å². The lowest BCUT2D eigenvalue weighted by Crippen LogP contribution is -1.97. The van der Waals surface area contributed by atoms with Crippen molar-refractivity contribution in [2.45, 2.75) is 9.79 Å². The van der Waals surface area contributed by atoms with E-state index in [9.17, 15) is 0 Å². The molecule has 2 heterocycles. The summed E-state index contributed by atoms with van der Waals surface area (Å²) >= 11 is 1.88. The second-order valence-electron chi connectivity index (χ2n) is 12.1. The van der Waals surface area contributed by atoms with Crippen LogP contribution in [-0.2, 0) is 0 Å². The van der Waals surface area contributed by atoms with Crippen LogP contribution in [0.15, 0.2) is 174 Å². The van der Waals surface area contributed by atoms with Gasteiger partial charge in [-0.3, -0.25) is 0 Å². The molecule has 8 aromatic carbocycles. The fourth-order valence-corrected chi connectivity index (χ4v) is 8.72. The van der Waals surface area contributed by atoms with E-state index < -0.39 is 0 Å². The van der Waals surface area contributed by atoms with E-state index in [1.807, 2.05) is 11.8 Å². The maximum atomic E-state index is 2.46. The molecule has 0 spiro atoms. The highest BCUT2D eigenvalue weighted by Crippen LogP contribution is 2.50. The van der Waals surface area contributed by atoms with Gasteiger partial charge in [0.15, 0.2) is 0 Å². The number of para-hydroxylation sites is 2. The zero-order valence-corrected chi connectivity index (χ0v) is 25.8. The van der Waals surface area contributed by atoms with E-state index in [-0.39, 0.29) is 0 Å². The van der Waals surface area contributed by atoms with E-state index >= 15 is 0 Å². The maximum absolute atomic E-state index is 2.46. The highest BCUT2D eigenvalue weighted by atomic mass is 32.2. The Morgan fingerprint density at radius 2 is 1.09 bits per heavy atom. The first-order chi connectivity index (χ1) is 22.8. The van der Waals surface area contributed by atoms with Crippen molar-refractivity contribution < 1.29 is 0 Å². The SMILES string of the molecule is c1ccc(-n2c3ccccc3c3c4ccccc4cc(-c4ccccc4-c4ccc5c(c4)-c4cccc6cccc(c46)S5)c32)cc1. The molecule has 0 radical (unpaired) electrons. The van der Waals surface area contributed by atoms with Crippen LogP contribution in [-0.4, -0.2) is 4.57 Å². The molecule has 1 nitrogen and oxygen atoms in total. The first-order valence-electron chi connectivity index (χ1n) is 15.8. The zero-order chi connectivity index (χ0) is 30.2. The monoisotopic (exact) mass is 601 g/mol. The molecule has 0 bridgehead atoms. The second kappa shape index (κ2) is 9.97. The molecule has 1 aliphatic heterocycles. The molecule has 214 valence electrons. The number of fused-ring (bicyclic) bond motifs is 7. The molecule has 0 fully saturated rings. The Bertz CT molecular complexity index is 2660. The summed E-state index contributed by atoms with van der Waals surface area (Å²) in [4.78, 5) is 2.64. The van der Waals surface area contributed by atoms with Crippen LogP contribution in [0, 0.1) is 0 Å². The largest absolute Gasteiger partial charge is 0.309 e. The van der Waals surface area contributed by atoms with Crippen LogP contribution in [0.3, 0.4) is 0 Å². The summed E-state index contributed by atoms with van der Waals surface area (Å²) in [6, 6.07) is 60.2. The minimum absolute atomic E-state index is 1.17. The molecule has 0 aliphatic carbocycles. The lowest BCUT2D eigenvalue weighted by molar-refractivity contribution is 1.18. The van der Waals surface area contributed by atoms with Crippen molar-refractivity contribution in [3.63, 3.8) is 0 Å². The Kier molecular flexibility index (Phi) is 5.58. The predicted molar refractivity (Wildman–Crippen MR) is 196 cm³/mol. The lowest BCUT2D eigenvalue weighted by Gasteiger charge is -2.22. The van der Waals surface area contributed by atoms with Gasteiger partial charge in [0.2, 0.25) is 0 Å². The fraction of sp³-hybridized carbons (Fsp3) is 0. The predicted octanol–water partition coefficient (Wildman–Crippen LogP) is 12.6. The Morgan fingerprint density at radius 1 is 0.391 bits per heavy atom. The van der Waals surface area contributed by atoms with Crippen molar-refractivity contribution >= 4 is 55.1 Å². The summed E-state index contributed by atoms with van der Waals surface area (Å²) in [7, 11) is 0. The Morgan fingerprint density at radius 3 is 1.98 bits per heavy atom. The zero-order valence-electron chi connectivity index (χ0n) is 24.9. The van der Waals surface area contributed by atoms with E-state index in [0.717, 1.165) is 0 Å². The molecule has 0 atom stereocenters. The van der Waals surface area contributed by atoms with Gasteiger partial charge in [-0.25, -0.2) is 0 Å². The summed E-state index contributed by atoms with van der Waals surface area (Å²) in [5.41, 5.74) is 11.2. The number of rotatable bonds is 3. The van der Waals surface area contributed by atoms with Crippen LogP contribution < -0.4 is 0 Å². The first-order valence-corrected chi connectivity index (χ1v) is 16.6. The number of hydrogen-bond donors (Lipinski definition) is 0. The summed E-state index contributed by atoms with van der Waals surface area (Å²) in [5, 5.41) is 7.76. The van der Waals surface area contributed by atoms with Crippen molar-refractivity contribution in [2.75, 3.05) is 0 Å². The average Bonchev–Trinajstić information content (AvgIpc) is 3.47. The second-order valence-corrected chi connectivity index (χ2v) is 13.2. The van der Waals surface area contributed by atoms with Crippen molar-refractivity contribution in [1.82, 2.24) is 4.57 Å². The van der Waals surface area contributed by atoms with E-state index in [2.05, 4.69) is 168 Å². The van der Waals surface area contributed by atoms with Crippen molar-refractivity contribution in [3.8, 4) is 39.1 Å². The number of nitrogens with zero attached hydrogens (tertiary/aromatic N) is 1. The maximum Gasteiger partial charge on any atom is 0.0626 e. The molecule has 1 aromatic heterocycles. The van der Waals surface area contributed by atoms with Crippen molar-refractivity contribution in [3.05, 3.63) is 164 Å². The van der Waals surface area contributed by atoms with Gasteiger partial charge in [0.05, 0.1) is 11.0 Å². The van der Waals surface area contributed by atoms with E-state index in [0.29, 0.717) is 0 Å². The summed E-state index contributed by atoms with van der Waals surface area (Å²) < 4.78 is 2.46. The topological polar surface area (TPSA) is 4.93 Å². The molecule has 0 unspecified atom stereocenters. The van der Waals surface area contributed by atoms with Crippen molar-refractivity contribution in [2.24, 2.45) is 0 Å². The molecule has 0 N–H and O–H groups in total. The molecule has 9 aromatic rings. The van der Waals surface area contributed by atoms with Gasteiger partial charge in [-0.05, 0) is 86.4 Å². The van der Waals surface area contributed by atoms with Gasteiger partial charge in [0.1, 0.15) is 0 Å².